The average molecular weight is 327 g/mol. The lowest BCUT2D eigenvalue weighted by Crippen LogP contribution is -2.31. The average Bonchev–Trinajstić information content (AvgIpc) is 2.60. The van der Waals surface area contributed by atoms with Gasteiger partial charge in [-0.2, -0.15) is 0 Å². The van der Waals surface area contributed by atoms with E-state index < -0.39 is 12.1 Å². The first-order chi connectivity index (χ1) is 11.5. The predicted molar refractivity (Wildman–Crippen MR) is 90.7 cm³/mol. The van der Waals surface area contributed by atoms with Crippen LogP contribution in [0.2, 0.25) is 0 Å². The summed E-state index contributed by atoms with van der Waals surface area (Å²) in [6.45, 7) is 0. The number of benzene rings is 2. The van der Waals surface area contributed by atoms with Gasteiger partial charge in [-0.3, -0.25) is 9.59 Å². The Labute approximate surface area is 141 Å². The standard InChI is InChI=1S/C19H21NO4/c1-20(2)19(22)18(15-7-5-4-6-8-15)24-17(21)13-14-9-11-16(23-3)12-10-14/h4-12,18H,13H2,1-3H3/t18-/m1/s1. The summed E-state index contributed by atoms with van der Waals surface area (Å²) in [6.07, 6.45) is -0.847. The molecule has 1 atom stereocenters. The number of carbonyl (C=O) groups is 2. The van der Waals surface area contributed by atoms with Crippen molar-refractivity contribution in [3.63, 3.8) is 0 Å². The Bertz CT molecular complexity index is 680. The summed E-state index contributed by atoms with van der Waals surface area (Å²) >= 11 is 0. The third kappa shape index (κ3) is 4.59. The fourth-order valence-corrected chi connectivity index (χ4v) is 2.21. The molecule has 0 heterocycles. The van der Waals surface area contributed by atoms with Crippen LogP contribution in [0.1, 0.15) is 17.2 Å². The van der Waals surface area contributed by atoms with E-state index in [0.29, 0.717) is 5.56 Å². The highest BCUT2D eigenvalue weighted by molar-refractivity contribution is 5.85. The molecule has 0 unspecified atom stereocenters. The number of amides is 1. The highest BCUT2D eigenvalue weighted by Gasteiger charge is 2.26. The molecule has 0 aliphatic heterocycles. The molecular weight excluding hydrogens is 306 g/mol. The SMILES string of the molecule is COc1ccc(CC(=O)O[C@@H](C(=O)N(C)C)c2ccccc2)cc1. The van der Waals surface area contributed by atoms with Gasteiger partial charge in [0, 0.05) is 19.7 Å². The van der Waals surface area contributed by atoms with Gasteiger partial charge in [-0.1, -0.05) is 42.5 Å². The summed E-state index contributed by atoms with van der Waals surface area (Å²) in [5, 5.41) is 0. The molecule has 0 radical (unpaired) electrons. The molecular formula is C19H21NO4. The molecule has 1 amide bonds. The molecule has 0 aliphatic rings. The summed E-state index contributed by atoms with van der Waals surface area (Å²) in [7, 11) is 4.85. The van der Waals surface area contributed by atoms with Gasteiger partial charge in [-0.15, -0.1) is 0 Å². The van der Waals surface area contributed by atoms with Crippen molar-refractivity contribution in [2.45, 2.75) is 12.5 Å². The van der Waals surface area contributed by atoms with E-state index in [2.05, 4.69) is 0 Å². The second-order valence-corrected chi connectivity index (χ2v) is 5.54. The molecule has 2 aromatic carbocycles. The van der Waals surface area contributed by atoms with Crippen LogP contribution in [-0.2, 0) is 20.7 Å². The van der Waals surface area contributed by atoms with Gasteiger partial charge >= 0.3 is 5.97 Å². The molecule has 0 N–H and O–H groups in total. The van der Waals surface area contributed by atoms with Gasteiger partial charge in [0.05, 0.1) is 13.5 Å². The summed E-state index contributed by atoms with van der Waals surface area (Å²) in [6, 6.07) is 16.2. The zero-order chi connectivity index (χ0) is 17.5. The zero-order valence-electron chi connectivity index (χ0n) is 14.1. The fourth-order valence-electron chi connectivity index (χ4n) is 2.21. The van der Waals surface area contributed by atoms with Crippen LogP contribution in [0.5, 0.6) is 5.75 Å². The number of hydrogen-bond acceptors (Lipinski definition) is 4. The molecule has 0 aromatic heterocycles. The number of hydrogen-bond donors (Lipinski definition) is 0. The number of carbonyl (C=O) groups excluding carboxylic acids is 2. The molecule has 2 rings (SSSR count). The number of likely N-dealkylation sites (N-methyl/N-ethyl adjacent to an activating group) is 1. The molecule has 24 heavy (non-hydrogen) atoms. The molecule has 0 saturated carbocycles. The Kier molecular flexibility index (Phi) is 5.95. The lowest BCUT2D eigenvalue weighted by Gasteiger charge is -2.21. The Morgan fingerprint density at radius 1 is 1.00 bits per heavy atom. The smallest absolute Gasteiger partial charge is 0.311 e. The second kappa shape index (κ2) is 8.15. The second-order valence-electron chi connectivity index (χ2n) is 5.54. The number of esters is 1. The molecule has 0 aliphatic carbocycles. The van der Waals surface area contributed by atoms with E-state index >= 15 is 0 Å². The van der Waals surface area contributed by atoms with Crippen molar-refractivity contribution in [2.75, 3.05) is 21.2 Å². The maximum atomic E-state index is 12.3. The third-order valence-corrected chi connectivity index (χ3v) is 3.52. The number of rotatable bonds is 6. The molecule has 126 valence electrons. The van der Waals surface area contributed by atoms with Crippen molar-refractivity contribution in [2.24, 2.45) is 0 Å². The van der Waals surface area contributed by atoms with Crippen molar-refractivity contribution in [1.29, 1.82) is 0 Å². The van der Waals surface area contributed by atoms with Gasteiger partial charge in [0.1, 0.15) is 5.75 Å². The first-order valence-corrected chi connectivity index (χ1v) is 7.59. The quantitative estimate of drug-likeness (QED) is 0.765. The Morgan fingerprint density at radius 3 is 2.17 bits per heavy atom. The largest absolute Gasteiger partial charge is 0.497 e. The van der Waals surface area contributed by atoms with Gasteiger partial charge < -0.3 is 14.4 Å². The number of nitrogens with zero attached hydrogens (tertiary/aromatic N) is 1. The number of methoxy groups -OCH3 is 1. The molecule has 0 fully saturated rings. The van der Waals surface area contributed by atoms with Crippen LogP contribution in [0, 0.1) is 0 Å². The first-order valence-electron chi connectivity index (χ1n) is 7.59. The summed E-state index contributed by atoms with van der Waals surface area (Å²) in [5.74, 6) is -0.00874. The third-order valence-electron chi connectivity index (χ3n) is 3.52. The minimum atomic E-state index is -0.938. The highest BCUT2D eigenvalue weighted by Crippen LogP contribution is 2.20. The minimum Gasteiger partial charge on any atom is -0.497 e. The lowest BCUT2D eigenvalue weighted by molar-refractivity contribution is -0.159. The molecule has 0 spiro atoms. The van der Waals surface area contributed by atoms with Gasteiger partial charge in [-0.05, 0) is 17.7 Å². The Morgan fingerprint density at radius 2 is 1.62 bits per heavy atom. The topological polar surface area (TPSA) is 55.8 Å². The molecule has 0 bridgehead atoms. The van der Waals surface area contributed by atoms with Crippen molar-refractivity contribution in [1.82, 2.24) is 4.90 Å². The monoisotopic (exact) mass is 327 g/mol. The van der Waals surface area contributed by atoms with Crippen molar-refractivity contribution in [3.05, 3.63) is 65.7 Å². The molecule has 0 saturated heterocycles. The van der Waals surface area contributed by atoms with E-state index in [-0.39, 0.29) is 12.3 Å². The van der Waals surface area contributed by atoms with Crippen LogP contribution in [0.3, 0.4) is 0 Å². The van der Waals surface area contributed by atoms with E-state index in [1.165, 1.54) is 4.90 Å². The summed E-state index contributed by atoms with van der Waals surface area (Å²) in [4.78, 5) is 26.0. The van der Waals surface area contributed by atoms with Crippen LogP contribution >= 0.6 is 0 Å². The van der Waals surface area contributed by atoms with E-state index in [1.54, 1.807) is 57.6 Å². The Balaban J connectivity index is 2.10. The zero-order valence-corrected chi connectivity index (χ0v) is 14.1. The predicted octanol–water partition coefficient (Wildman–Crippen LogP) is 2.61. The maximum Gasteiger partial charge on any atom is 0.311 e. The lowest BCUT2D eigenvalue weighted by atomic mass is 10.1. The normalized spacial score (nSPS) is 11.5. The van der Waals surface area contributed by atoms with E-state index in [4.69, 9.17) is 9.47 Å². The van der Waals surface area contributed by atoms with Gasteiger partial charge in [-0.25, -0.2) is 0 Å². The molecule has 5 nitrogen and oxygen atoms in total. The highest BCUT2D eigenvalue weighted by atomic mass is 16.5. The van der Waals surface area contributed by atoms with Crippen LogP contribution in [0.25, 0.3) is 0 Å². The van der Waals surface area contributed by atoms with Gasteiger partial charge in [0.25, 0.3) is 5.91 Å². The van der Waals surface area contributed by atoms with Crippen LogP contribution < -0.4 is 4.74 Å². The van der Waals surface area contributed by atoms with Crippen molar-refractivity contribution in [3.8, 4) is 5.75 Å². The minimum absolute atomic E-state index is 0.0913. The van der Waals surface area contributed by atoms with Crippen LogP contribution in [0.15, 0.2) is 54.6 Å². The van der Waals surface area contributed by atoms with Crippen LogP contribution in [0.4, 0.5) is 0 Å². The first kappa shape index (κ1) is 17.5. The summed E-state index contributed by atoms with van der Waals surface area (Å²) in [5.41, 5.74) is 1.45. The van der Waals surface area contributed by atoms with Gasteiger partial charge in [0.15, 0.2) is 0 Å². The van der Waals surface area contributed by atoms with E-state index in [9.17, 15) is 9.59 Å². The van der Waals surface area contributed by atoms with Crippen LogP contribution in [-0.4, -0.2) is 38.0 Å². The van der Waals surface area contributed by atoms with Gasteiger partial charge in [0.2, 0.25) is 6.10 Å². The number of ether oxygens (including phenoxy) is 2. The fraction of sp³-hybridized carbons (Fsp3) is 0.263. The van der Waals surface area contributed by atoms with Crippen molar-refractivity contribution >= 4 is 11.9 Å². The summed E-state index contributed by atoms with van der Waals surface area (Å²) < 4.78 is 10.5. The molecule has 5 heteroatoms. The Hall–Kier alpha value is -2.82. The van der Waals surface area contributed by atoms with Crippen molar-refractivity contribution < 1.29 is 19.1 Å². The van der Waals surface area contributed by atoms with E-state index in [1.807, 2.05) is 18.2 Å². The molecule has 2 aromatic rings. The maximum absolute atomic E-state index is 12.3. The van der Waals surface area contributed by atoms with E-state index in [0.717, 1.165) is 11.3 Å².